The molecule has 1 fully saturated rings. The minimum absolute atomic E-state index is 0.0867. The predicted molar refractivity (Wildman–Crippen MR) is 73.3 cm³/mol. The third-order valence-corrected chi connectivity index (χ3v) is 3.56. The summed E-state index contributed by atoms with van der Waals surface area (Å²) >= 11 is 3.27. The first-order valence-corrected chi connectivity index (χ1v) is 6.78. The Balaban J connectivity index is 2.15. The number of ether oxygens (including phenoxy) is 1. The molecule has 102 valence electrons. The van der Waals surface area contributed by atoms with E-state index in [2.05, 4.69) is 21.2 Å². The third-order valence-electron chi connectivity index (χ3n) is 3.06. The highest BCUT2D eigenvalue weighted by molar-refractivity contribution is 9.10. The van der Waals surface area contributed by atoms with E-state index in [-0.39, 0.29) is 17.4 Å². The number of rotatable bonds is 3. The maximum atomic E-state index is 12.1. The van der Waals surface area contributed by atoms with Crippen molar-refractivity contribution < 1.29 is 19.4 Å². The topological polar surface area (TPSA) is 75.6 Å². The summed E-state index contributed by atoms with van der Waals surface area (Å²) in [5.41, 5.74) is 0.405. The zero-order valence-corrected chi connectivity index (χ0v) is 11.8. The van der Waals surface area contributed by atoms with E-state index in [9.17, 15) is 9.59 Å². The van der Waals surface area contributed by atoms with Crippen LogP contribution in [-0.2, 0) is 9.53 Å². The Morgan fingerprint density at radius 3 is 2.63 bits per heavy atom. The smallest absolute Gasteiger partial charge is 0.337 e. The summed E-state index contributed by atoms with van der Waals surface area (Å²) in [7, 11) is 0. The number of carbonyl (C=O) groups is 2. The number of carboxylic acids is 1. The molecule has 0 saturated carbocycles. The van der Waals surface area contributed by atoms with Crippen LogP contribution in [0.3, 0.4) is 0 Å². The summed E-state index contributed by atoms with van der Waals surface area (Å²) in [6.45, 7) is 1.14. The molecule has 2 N–H and O–H groups in total. The Labute approximate surface area is 119 Å². The molecule has 1 heterocycles. The van der Waals surface area contributed by atoms with Gasteiger partial charge in [-0.05, 0) is 31.0 Å². The Kier molecular flexibility index (Phi) is 4.55. The van der Waals surface area contributed by atoms with Gasteiger partial charge >= 0.3 is 5.97 Å². The molecule has 0 aromatic heterocycles. The van der Waals surface area contributed by atoms with Crippen molar-refractivity contribution in [3.05, 3.63) is 28.2 Å². The molecule has 19 heavy (non-hydrogen) atoms. The van der Waals surface area contributed by atoms with Gasteiger partial charge in [0, 0.05) is 23.6 Å². The SMILES string of the molecule is O=C(O)c1ccc(Br)cc1NC(=O)C1CCOCC1. The average Bonchev–Trinajstić information content (AvgIpc) is 2.39. The van der Waals surface area contributed by atoms with Gasteiger partial charge in [0.1, 0.15) is 0 Å². The van der Waals surface area contributed by atoms with Gasteiger partial charge in [-0.25, -0.2) is 4.79 Å². The van der Waals surface area contributed by atoms with Crippen LogP contribution < -0.4 is 5.32 Å². The van der Waals surface area contributed by atoms with Gasteiger partial charge in [-0.3, -0.25) is 4.79 Å². The van der Waals surface area contributed by atoms with Crippen molar-refractivity contribution in [2.75, 3.05) is 18.5 Å². The molecular weight excluding hydrogens is 314 g/mol. The van der Waals surface area contributed by atoms with Gasteiger partial charge in [0.15, 0.2) is 0 Å². The molecule has 1 aliphatic heterocycles. The minimum Gasteiger partial charge on any atom is -0.478 e. The van der Waals surface area contributed by atoms with Crippen molar-refractivity contribution in [2.24, 2.45) is 5.92 Å². The molecule has 0 bridgehead atoms. The molecule has 1 aromatic carbocycles. The lowest BCUT2D eigenvalue weighted by molar-refractivity contribution is -0.122. The molecule has 1 aliphatic rings. The van der Waals surface area contributed by atoms with Crippen LogP contribution in [0.4, 0.5) is 5.69 Å². The van der Waals surface area contributed by atoms with Crippen molar-refractivity contribution in [3.8, 4) is 0 Å². The summed E-state index contributed by atoms with van der Waals surface area (Å²) in [5.74, 6) is -1.33. The zero-order valence-electron chi connectivity index (χ0n) is 10.2. The van der Waals surface area contributed by atoms with E-state index < -0.39 is 5.97 Å². The molecule has 0 atom stereocenters. The fourth-order valence-electron chi connectivity index (χ4n) is 2.00. The van der Waals surface area contributed by atoms with E-state index in [1.807, 2.05) is 0 Å². The quantitative estimate of drug-likeness (QED) is 0.894. The minimum atomic E-state index is -1.06. The standard InChI is InChI=1S/C13H14BrNO4/c14-9-1-2-10(13(17)18)11(7-9)15-12(16)8-3-5-19-6-4-8/h1-2,7-8H,3-6H2,(H,15,16)(H,17,18). The lowest BCUT2D eigenvalue weighted by Crippen LogP contribution is -2.29. The predicted octanol–water partition coefficient (Wildman–Crippen LogP) is 2.51. The maximum Gasteiger partial charge on any atom is 0.337 e. The van der Waals surface area contributed by atoms with E-state index in [1.54, 1.807) is 12.1 Å². The number of anilines is 1. The highest BCUT2D eigenvalue weighted by Gasteiger charge is 2.23. The Morgan fingerprint density at radius 1 is 1.32 bits per heavy atom. The van der Waals surface area contributed by atoms with Gasteiger partial charge in [0.25, 0.3) is 0 Å². The Bertz CT molecular complexity index is 497. The van der Waals surface area contributed by atoms with Gasteiger partial charge < -0.3 is 15.2 Å². The summed E-state index contributed by atoms with van der Waals surface area (Å²) in [5, 5.41) is 11.8. The summed E-state index contributed by atoms with van der Waals surface area (Å²) in [4.78, 5) is 23.2. The van der Waals surface area contributed by atoms with E-state index in [0.29, 0.717) is 31.7 Å². The number of hydrogen-bond acceptors (Lipinski definition) is 3. The molecule has 0 unspecified atom stereocenters. The molecule has 0 aliphatic carbocycles. The van der Waals surface area contributed by atoms with E-state index in [4.69, 9.17) is 9.84 Å². The van der Waals surface area contributed by atoms with Crippen LogP contribution in [-0.4, -0.2) is 30.2 Å². The summed E-state index contributed by atoms with van der Waals surface area (Å²) in [6.07, 6.45) is 1.34. The number of amides is 1. The van der Waals surface area contributed by atoms with Crippen molar-refractivity contribution in [1.29, 1.82) is 0 Å². The van der Waals surface area contributed by atoms with Gasteiger partial charge in [-0.15, -0.1) is 0 Å². The van der Waals surface area contributed by atoms with Crippen molar-refractivity contribution in [2.45, 2.75) is 12.8 Å². The number of halogens is 1. The molecule has 1 amide bonds. The summed E-state index contributed by atoms with van der Waals surface area (Å²) in [6, 6.07) is 4.69. The second kappa shape index (κ2) is 6.16. The van der Waals surface area contributed by atoms with Gasteiger partial charge in [0.2, 0.25) is 5.91 Å². The van der Waals surface area contributed by atoms with Gasteiger partial charge in [-0.1, -0.05) is 15.9 Å². The Hall–Kier alpha value is -1.40. The molecule has 0 radical (unpaired) electrons. The zero-order chi connectivity index (χ0) is 13.8. The van der Waals surface area contributed by atoms with Gasteiger partial charge in [-0.2, -0.15) is 0 Å². The molecule has 1 saturated heterocycles. The monoisotopic (exact) mass is 327 g/mol. The third kappa shape index (κ3) is 3.54. The highest BCUT2D eigenvalue weighted by Crippen LogP contribution is 2.24. The largest absolute Gasteiger partial charge is 0.478 e. The Morgan fingerprint density at radius 2 is 2.00 bits per heavy atom. The molecule has 1 aromatic rings. The molecule has 6 heteroatoms. The number of hydrogen-bond donors (Lipinski definition) is 2. The van der Waals surface area contributed by atoms with Gasteiger partial charge in [0.05, 0.1) is 11.3 Å². The van der Waals surface area contributed by atoms with Crippen molar-refractivity contribution >= 4 is 33.5 Å². The van der Waals surface area contributed by atoms with Crippen LogP contribution in [0, 0.1) is 5.92 Å². The summed E-state index contributed by atoms with van der Waals surface area (Å²) < 4.78 is 5.92. The first-order chi connectivity index (χ1) is 9.08. The second-order valence-corrected chi connectivity index (χ2v) is 5.29. The van der Waals surface area contributed by atoms with Crippen LogP contribution in [0.2, 0.25) is 0 Å². The average molecular weight is 328 g/mol. The van der Waals surface area contributed by atoms with E-state index in [1.165, 1.54) is 6.07 Å². The van der Waals surface area contributed by atoms with Crippen LogP contribution in [0.15, 0.2) is 22.7 Å². The molecule has 2 rings (SSSR count). The van der Waals surface area contributed by atoms with Crippen LogP contribution in [0.1, 0.15) is 23.2 Å². The number of carboxylic acid groups (broad SMARTS) is 1. The number of carbonyl (C=O) groups excluding carboxylic acids is 1. The molecule has 0 spiro atoms. The fourth-order valence-corrected chi connectivity index (χ4v) is 2.36. The number of aromatic carboxylic acids is 1. The van der Waals surface area contributed by atoms with E-state index >= 15 is 0 Å². The van der Waals surface area contributed by atoms with Crippen LogP contribution >= 0.6 is 15.9 Å². The lowest BCUT2D eigenvalue weighted by Gasteiger charge is -2.21. The second-order valence-electron chi connectivity index (χ2n) is 4.37. The van der Waals surface area contributed by atoms with Crippen LogP contribution in [0.5, 0.6) is 0 Å². The fraction of sp³-hybridized carbons (Fsp3) is 0.385. The van der Waals surface area contributed by atoms with Crippen molar-refractivity contribution in [1.82, 2.24) is 0 Å². The van der Waals surface area contributed by atoms with Crippen LogP contribution in [0.25, 0.3) is 0 Å². The highest BCUT2D eigenvalue weighted by atomic mass is 79.9. The lowest BCUT2D eigenvalue weighted by atomic mass is 9.99. The first-order valence-electron chi connectivity index (χ1n) is 5.99. The number of nitrogens with one attached hydrogen (secondary N) is 1. The maximum absolute atomic E-state index is 12.1. The number of benzene rings is 1. The van der Waals surface area contributed by atoms with Crippen molar-refractivity contribution in [3.63, 3.8) is 0 Å². The molecular formula is C13H14BrNO4. The molecule has 5 nitrogen and oxygen atoms in total. The normalized spacial score (nSPS) is 16.1. The van der Waals surface area contributed by atoms with E-state index in [0.717, 1.165) is 4.47 Å². The first kappa shape index (κ1) is 14.0.